The Hall–Kier alpha value is -2.56. The van der Waals surface area contributed by atoms with Gasteiger partial charge in [-0.05, 0) is 26.0 Å². The van der Waals surface area contributed by atoms with E-state index < -0.39 is 17.3 Å². The number of rotatable bonds is 1. The normalized spacial score (nSPS) is 31.1. The van der Waals surface area contributed by atoms with Gasteiger partial charge in [0, 0.05) is 12.6 Å². The summed E-state index contributed by atoms with van der Waals surface area (Å²) in [6, 6.07) is 4.98. The fourth-order valence-corrected chi connectivity index (χ4v) is 3.89. The van der Waals surface area contributed by atoms with Crippen LogP contribution in [0.1, 0.15) is 37.1 Å². The van der Waals surface area contributed by atoms with Gasteiger partial charge in [-0.2, -0.15) is 5.26 Å². The van der Waals surface area contributed by atoms with Gasteiger partial charge in [0.1, 0.15) is 17.4 Å². The lowest BCUT2D eigenvalue weighted by atomic mass is 9.78. The molecule has 2 aromatic rings. The Balaban J connectivity index is 2.01. The molecule has 4 heterocycles. The van der Waals surface area contributed by atoms with E-state index >= 15 is 0 Å². The van der Waals surface area contributed by atoms with Gasteiger partial charge in [0.2, 0.25) is 11.8 Å². The molecule has 0 spiro atoms. The van der Waals surface area contributed by atoms with Crippen molar-refractivity contribution in [1.82, 2.24) is 9.55 Å². The first-order valence-electron chi connectivity index (χ1n) is 7.24. The zero-order chi connectivity index (χ0) is 16.6. The SMILES string of the molecule is C[C@@]12O[C@@](C)(C[C@@H]1O)c1c2c(O)n(-c2ccnc(C#N)c2)c1O. The van der Waals surface area contributed by atoms with Crippen molar-refractivity contribution in [2.45, 2.75) is 37.6 Å². The summed E-state index contributed by atoms with van der Waals surface area (Å²) >= 11 is 0. The zero-order valence-electron chi connectivity index (χ0n) is 12.6. The number of fused-ring (bicyclic) bond motifs is 5. The molecule has 1 fully saturated rings. The Morgan fingerprint density at radius 3 is 2.74 bits per heavy atom. The van der Waals surface area contributed by atoms with Crippen LogP contribution in [0.3, 0.4) is 0 Å². The summed E-state index contributed by atoms with van der Waals surface area (Å²) in [4.78, 5) is 3.89. The molecule has 118 valence electrons. The standard InChI is InChI=1S/C16H15N3O4/c1-15-6-10(20)16(2,23-15)12-11(15)13(21)19(14(12)22)9-3-4-18-8(5-9)7-17/h3-5,10,20-22H,6H2,1-2H3/t10-,15-,16+/m0/s1. The van der Waals surface area contributed by atoms with E-state index in [1.807, 2.05) is 6.07 Å². The van der Waals surface area contributed by atoms with Crippen LogP contribution in [0, 0.1) is 11.3 Å². The van der Waals surface area contributed by atoms with Gasteiger partial charge in [-0.1, -0.05) is 0 Å². The lowest BCUT2D eigenvalue weighted by Crippen LogP contribution is -2.32. The zero-order valence-corrected chi connectivity index (χ0v) is 12.6. The lowest BCUT2D eigenvalue weighted by Gasteiger charge is -2.25. The Labute approximate surface area is 132 Å². The predicted molar refractivity (Wildman–Crippen MR) is 78.0 cm³/mol. The number of aromatic hydroxyl groups is 2. The molecular weight excluding hydrogens is 298 g/mol. The quantitative estimate of drug-likeness (QED) is 0.733. The van der Waals surface area contributed by atoms with Gasteiger partial charge < -0.3 is 20.1 Å². The fraction of sp³-hybridized carbons (Fsp3) is 0.375. The molecule has 2 aliphatic heterocycles. The van der Waals surface area contributed by atoms with Crippen molar-refractivity contribution in [3.63, 3.8) is 0 Å². The van der Waals surface area contributed by atoms with Crippen molar-refractivity contribution in [3.05, 3.63) is 35.2 Å². The molecule has 0 saturated carbocycles. The van der Waals surface area contributed by atoms with Crippen LogP contribution in [0.5, 0.6) is 11.8 Å². The smallest absolute Gasteiger partial charge is 0.205 e. The van der Waals surface area contributed by atoms with Crippen LogP contribution in [-0.4, -0.2) is 31.0 Å². The van der Waals surface area contributed by atoms with Crippen molar-refractivity contribution >= 4 is 0 Å². The molecule has 3 atom stereocenters. The van der Waals surface area contributed by atoms with Gasteiger partial charge in [-0.25, -0.2) is 4.98 Å². The van der Waals surface area contributed by atoms with Gasteiger partial charge in [-0.15, -0.1) is 0 Å². The summed E-state index contributed by atoms with van der Waals surface area (Å²) in [5, 5.41) is 40.6. The third kappa shape index (κ3) is 1.52. The molecule has 23 heavy (non-hydrogen) atoms. The van der Waals surface area contributed by atoms with Crippen LogP contribution < -0.4 is 0 Å². The summed E-state index contributed by atoms with van der Waals surface area (Å²) in [5.41, 5.74) is -0.456. The topological polar surface area (TPSA) is 112 Å². The summed E-state index contributed by atoms with van der Waals surface area (Å²) in [5.74, 6) is -0.344. The molecule has 7 heteroatoms. The minimum atomic E-state index is -1.07. The average molecular weight is 313 g/mol. The highest BCUT2D eigenvalue weighted by Crippen LogP contribution is 2.64. The lowest BCUT2D eigenvalue weighted by molar-refractivity contribution is -0.0936. The second-order valence-electron chi connectivity index (χ2n) is 6.40. The van der Waals surface area contributed by atoms with Crippen LogP contribution in [0.15, 0.2) is 18.3 Å². The maximum absolute atomic E-state index is 10.7. The molecule has 0 aliphatic carbocycles. The summed E-state index contributed by atoms with van der Waals surface area (Å²) in [7, 11) is 0. The second-order valence-corrected chi connectivity index (χ2v) is 6.40. The number of hydrogen-bond donors (Lipinski definition) is 3. The fourth-order valence-electron chi connectivity index (χ4n) is 3.89. The van der Waals surface area contributed by atoms with E-state index in [4.69, 9.17) is 10.00 Å². The van der Waals surface area contributed by atoms with Crippen molar-refractivity contribution in [3.8, 4) is 23.5 Å². The molecule has 2 bridgehead atoms. The maximum atomic E-state index is 10.7. The van der Waals surface area contributed by atoms with E-state index in [-0.39, 0.29) is 17.5 Å². The first-order valence-corrected chi connectivity index (χ1v) is 7.24. The number of pyridine rings is 1. The van der Waals surface area contributed by atoms with Crippen molar-refractivity contribution in [1.29, 1.82) is 5.26 Å². The molecule has 4 rings (SSSR count). The summed E-state index contributed by atoms with van der Waals surface area (Å²) in [6.45, 7) is 3.48. The third-order valence-corrected chi connectivity index (χ3v) is 4.92. The predicted octanol–water partition coefficient (Wildman–Crippen LogP) is 1.38. The van der Waals surface area contributed by atoms with Gasteiger partial charge in [-0.3, -0.25) is 4.57 Å². The number of hydrogen-bond acceptors (Lipinski definition) is 6. The van der Waals surface area contributed by atoms with Gasteiger partial charge in [0.25, 0.3) is 0 Å². The van der Waals surface area contributed by atoms with E-state index in [1.54, 1.807) is 19.9 Å². The number of nitrogens with zero attached hydrogens (tertiary/aromatic N) is 3. The van der Waals surface area contributed by atoms with Crippen LogP contribution in [-0.2, 0) is 15.9 Å². The van der Waals surface area contributed by atoms with Crippen LogP contribution in [0.4, 0.5) is 0 Å². The molecule has 2 aliphatic rings. The molecule has 7 nitrogen and oxygen atoms in total. The highest BCUT2D eigenvalue weighted by Gasteiger charge is 2.64. The summed E-state index contributed by atoms with van der Waals surface area (Å²) < 4.78 is 7.17. The first kappa shape index (κ1) is 14.1. The van der Waals surface area contributed by atoms with Crippen LogP contribution >= 0.6 is 0 Å². The Morgan fingerprint density at radius 2 is 2.04 bits per heavy atom. The Morgan fingerprint density at radius 1 is 1.35 bits per heavy atom. The number of aromatic nitrogens is 2. The molecule has 0 radical (unpaired) electrons. The van der Waals surface area contributed by atoms with Crippen LogP contribution in [0.25, 0.3) is 5.69 Å². The minimum Gasteiger partial charge on any atom is -0.494 e. The number of ether oxygens (including phenoxy) is 1. The van der Waals surface area contributed by atoms with Crippen LogP contribution in [0.2, 0.25) is 0 Å². The molecule has 0 aromatic carbocycles. The molecule has 0 unspecified atom stereocenters. The van der Waals surface area contributed by atoms with Crippen molar-refractivity contribution in [2.24, 2.45) is 0 Å². The van der Waals surface area contributed by atoms with E-state index in [2.05, 4.69) is 4.98 Å². The monoisotopic (exact) mass is 313 g/mol. The van der Waals surface area contributed by atoms with E-state index in [0.29, 0.717) is 23.2 Å². The van der Waals surface area contributed by atoms with E-state index in [0.717, 1.165) is 0 Å². The van der Waals surface area contributed by atoms with Gasteiger partial charge >= 0.3 is 0 Å². The largest absolute Gasteiger partial charge is 0.494 e. The van der Waals surface area contributed by atoms with Gasteiger partial charge in [0.05, 0.1) is 28.5 Å². The minimum absolute atomic E-state index is 0.147. The Kier molecular flexibility index (Phi) is 2.47. The van der Waals surface area contributed by atoms with E-state index in [9.17, 15) is 15.3 Å². The highest BCUT2D eigenvalue weighted by atomic mass is 16.6. The number of aliphatic hydroxyl groups excluding tert-OH is 1. The molecule has 1 saturated heterocycles. The van der Waals surface area contributed by atoms with Gasteiger partial charge in [0.15, 0.2) is 0 Å². The number of nitriles is 1. The average Bonchev–Trinajstić information content (AvgIpc) is 3.01. The summed E-state index contributed by atoms with van der Waals surface area (Å²) in [6.07, 6.45) is 1.00. The number of aliphatic hydroxyl groups is 1. The van der Waals surface area contributed by atoms with Crippen molar-refractivity contribution < 1.29 is 20.1 Å². The molecule has 3 N–H and O–H groups in total. The molecular formula is C16H15N3O4. The molecule has 0 amide bonds. The van der Waals surface area contributed by atoms with Crippen molar-refractivity contribution in [2.75, 3.05) is 0 Å². The second kappa shape index (κ2) is 4.04. The first-order chi connectivity index (χ1) is 10.8. The maximum Gasteiger partial charge on any atom is 0.205 e. The third-order valence-electron chi connectivity index (χ3n) is 4.92. The Bertz CT molecular complexity index is 884. The molecule has 2 aromatic heterocycles. The highest BCUT2D eigenvalue weighted by molar-refractivity contribution is 5.61. The van der Waals surface area contributed by atoms with E-state index in [1.165, 1.54) is 16.8 Å².